The smallest absolute Gasteiger partial charge is 0.174 e. The van der Waals surface area contributed by atoms with E-state index in [4.69, 9.17) is 5.73 Å². The highest BCUT2D eigenvalue weighted by atomic mass is 32.1. The highest BCUT2D eigenvalue weighted by Gasteiger charge is 2.21. The number of Topliss-reactive ketones (excluding diaryl/α,β-unsaturated/α-hetero) is 1. The molecule has 0 aliphatic heterocycles. The van der Waals surface area contributed by atoms with Crippen LogP contribution in [0.2, 0.25) is 0 Å². The van der Waals surface area contributed by atoms with Crippen molar-refractivity contribution in [2.24, 2.45) is 0 Å². The summed E-state index contributed by atoms with van der Waals surface area (Å²) in [6, 6.07) is 1.85. The molecule has 0 saturated carbocycles. The van der Waals surface area contributed by atoms with Crippen molar-refractivity contribution < 1.29 is 4.79 Å². The fourth-order valence-electron chi connectivity index (χ4n) is 1.33. The van der Waals surface area contributed by atoms with Crippen LogP contribution >= 0.6 is 11.3 Å². The summed E-state index contributed by atoms with van der Waals surface area (Å²) in [6.07, 6.45) is 0.493. The van der Waals surface area contributed by atoms with E-state index in [-0.39, 0.29) is 11.3 Å². The van der Waals surface area contributed by atoms with Crippen molar-refractivity contribution in [3.8, 4) is 0 Å². The molecule has 5 heteroatoms. The Kier molecular flexibility index (Phi) is 4.76. The Labute approximate surface area is 113 Å². The lowest BCUT2D eigenvalue weighted by atomic mass is 10.0. The number of ketones is 1. The third-order valence-corrected chi connectivity index (χ3v) is 4.39. The molecule has 0 unspecified atom stereocenters. The summed E-state index contributed by atoms with van der Waals surface area (Å²) >= 11 is 1.44. The SMILES string of the molecule is CCC(=O)c1sc(NCC(C)(C)N(C)C)cc1N. The molecule has 1 aromatic rings. The van der Waals surface area contributed by atoms with Gasteiger partial charge in [-0.1, -0.05) is 6.92 Å². The Morgan fingerprint density at radius 1 is 1.50 bits per heavy atom. The third kappa shape index (κ3) is 3.46. The predicted octanol–water partition coefficient (Wildman–Crippen LogP) is 2.68. The van der Waals surface area contributed by atoms with Crippen LogP contribution in [0, 0.1) is 0 Å². The van der Waals surface area contributed by atoms with Gasteiger partial charge in [-0.15, -0.1) is 11.3 Å². The van der Waals surface area contributed by atoms with Crippen LogP contribution in [0.5, 0.6) is 0 Å². The highest BCUT2D eigenvalue weighted by Crippen LogP contribution is 2.30. The molecule has 0 bridgehead atoms. The molecule has 0 atom stereocenters. The van der Waals surface area contributed by atoms with Gasteiger partial charge in [-0.2, -0.15) is 0 Å². The Morgan fingerprint density at radius 2 is 2.11 bits per heavy atom. The quantitative estimate of drug-likeness (QED) is 0.780. The van der Waals surface area contributed by atoms with Crippen molar-refractivity contribution >= 4 is 27.8 Å². The summed E-state index contributed by atoms with van der Waals surface area (Å²) in [6.45, 7) is 6.98. The molecule has 0 fully saturated rings. The topological polar surface area (TPSA) is 58.4 Å². The first kappa shape index (κ1) is 15.0. The fourth-order valence-corrected chi connectivity index (χ4v) is 2.32. The number of hydrogen-bond donors (Lipinski definition) is 2. The van der Waals surface area contributed by atoms with Crippen molar-refractivity contribution in [1.29, 1.82) is 0 Å². The summed E-state index contributed by atoms with van der Waals surface area (Å²) in [7, 11) is 4.10. The van der Waals surface area contributed by atoms with Crippen LogP contribution in [-0.4, -0.2) is 36.9 Å². The number of nitrogen functional groups attached to an aromatic ring is 1. The minimum atomic E-state index is 0.0493. The van der Waals surface area contributed by atoms with Crippen molar-refractivity contribution in [2.45, 2.75) is 32.7 Å². The molecular weight excluding hydrogens is 246 g/mol. The average Bonchev–Trinajstić information content (AvgIpc) is 2.67. The number of rotatable bonds is 6. The number of hydrogen-bond acceptors (Lipinski definition) is 5. The molecule has 0 aliphatic carbocycles. The monoisotopic (exact) mass is 269 g/mol. The molecule has 4 nitrogen and oxygen atoms in total. The second-order valence-corrected chi connectivity index (χ2v) is 6.28. The first-order chi connectivity index (χ1) is 8.27. The number of carbonyl (C=O) groups excluding carboxylic acids is 1. The summed E-state index contributed by atoms with van der Waals surface area (Å²) in [5.41, 5.74) is 6.49. The van der Waals surface area contributed by atoms with Gasteiger partial charge in [-0.3, -0.25) is 4.79 Å². The average molecular weight is 269 g/mol. The molecule has 3 N–H and O–H groups in total. The summed E-state index contributed by atoms with van der Waals surface area (Å²) in [5.74, 6) is 0.109. The van der Waals surface area contributed by atoms with E-state index < -0.39 is 0 Å². The third-order valence-electron chi connectivity index (χ3n) is 3.24. The zero-order valence-corrected chi connectivity index (χ0v) is 12.6. The summed E-state index contributed by atoms with van der Waals surface area (Å²) in [5, 5.41) is 4.31. The Bertz CT molecular complexity index is 424. The maximum Gasteiger partial charge on any atom is 0.174 e. The van der Waals surface area contributed by atoms with Gasteiger partial charge in [-0.05, 0) is 34.0 Å². The van der Waals surface area contributed by atoms with E-state index in [1.54, 1.807) is 0 Å². The van der Waals surface area contributed by atoms with Crippen molar-refractivity contribution in [2.75, 3.05) is 31.7 Å². The number of nitrogens with zero attached hydrogens (tertiary/aromatic N) is 1. The van der Waals surface area contributed by atoms with Crippen molar-refractivity contribution in [3.05, 3.63) is 10.9 Å². The number of likely N-dealkylation sites (N-methyl/N-ethyl adjacent to an activating group) is 1. The molecule has 102 valence electrons. The van der Waals surface area contributed by atoms with Crippen molar-refractivity contribution in [3.63, 3.8) is 0 Å². The van der Waals surface area contributed by atoms with Gasteiger partial charge in [-0.25, -0.2) is 0 Å². The number of thiophene rings is 1. The molecule has 0 saturated heterocycles. The van der Waals surface area contributed by atoms with Crippen LogP contribution in [0.15, 0.2) is 6.07 Å². The number of carbonyl (C=O) groups is 1. The van der Waals surface area contributed by atoms with Crippen molar-refractivity contribution in [1.82, 2.24) is 4.90 Å². The van der Waals surface area contributed by atoms with Gasteiger partial charge in [0.25, 0.3) is 0 Å². The van der Waals surface area contributed by atoms with Crippen LogP contribution in [0.3, 0.4) is 0 Å². The normalized spacial score (nSPS) is 11.9. The van der Waals surface area contributed by atoms with Crippen LogP contribution in [0.1, 0.15) is 36.9 Å². The predicted molar refractivity (Wildman–Crippen MR) is 79.6 cm³/mol. The molecule has 1 rings (SSSR count). The molecule has 0 amide bonds. The highest BCUT2D eigenvalue weighted by molar-refractivity contribution is 7.18. The van der Waals surface area contributed by atoms with E-state index in [0.717, 1.165) is 11.5 Å². The Morgan fingerprint density at radius 3 is 2.61 bits per heavy atom. The molecule has 1 aromatic heterocycles. The first-order valence-corrected chi connectivity index (χ1v) is 6.93. The standard InChI is InChI=1S/C13H23N3OS/c1-6-10(17)12-9(14)7-11(18-12)15-8-13(2,3)16(4)5/h7,15H,6,8,14H2,1-5H3. The zero-order valence-electron chi connectivity index (χ0n) is 11.8. The van der Waals surface area contributed by atoms with E-state index in [0.29, 0.717) is 17.0 Å². The van der Waals surface area contributed by atoms with E-state index in [1.807, 2.05) is 13.0 Å². The molecule has 18 heavy (non-hydrogen) atoms. The van der Waals surface area contributed by atoms with E-state index in [1.165, 1.54) is 11.3 Å². The second kappa shape index (κ2) is 5.71. The maximum atomic E-state index is 11.7. The van der Waals surface area contributed by atoms with Gasteiger partial charge < -0.3 is 16.0 Å². The van der Waals surface area contributed by atoms with Gasteiger partial charge in [0.2, 0.25) is 0 Å². The fraction of sp³-hybridized carbons (Fsp3) is 0.615. The number of nitrogens with one attached hydrogen (secondary N) is 1. The van der Waals surface area contributed by atoms with Gasteiger partial charge in [0.05, 0.1) is 15.6 Å². The Hall–Kier alpha value is -1.07. The maximum absolute atomic E-state index is 11.7. The van der Waals surface area contributed by atoms with Gasteiger partial charge >= 0.3 is 0 Å². The van der Waals surface area contributed by atoms with Gasteiger partial charge in [0.1, 0.15) is 0 Å². The molecular formula is C13H23N3OS. The number of anilines is 2. The Balaban J connectivity index is 2.73. The molecule has 0 spiro atoms. The summed E-state index contributed by atoms with van der Waals surface area (Å²) < 4.78 is 0. The van der Waals surface area contributed by atoms with E-state index in [9.17, 15) is 4.79 Å². The minimum Gasteiger partial charge on any atom is -0.397 e. The molecule has 0 radical (unpaired) electrons. The molecule has 0 aromatic carbocycles. The number of nitrogens with two attached hydrogens (primary N) is 1. The first-order valence-electron chi connectivity index (χ1n) is 6.11. The van der Waals surface area contributed by atoms with E-state index >= 15 is 0 Å². The second-order valence-electron chi connectivity index (χ2n) is 5.23. The lowest BCUT2D eigenvalue weighted by Gasteiger charge is -2.32. The van der Waals surface area contributed by atoms with Crippen LogP contribution in [-0.2, 0) is 0 Å². The minimum absolute atomic E-state index is 0.0493. The van der Waals surface area contributed by atoms with E-state index in [2.05, 4.69) is 38.2 Å². The molecule has 0 aliphatic rings. The largest absolute Gasteiger partial charge is 0.397 e. The summed E-state index contributed by atoms with van der Waals surface area (Å²) in [4.78, 5) is 14.5. The van der Waals surface area contributed by atoms with Gasteiger partial charge in [0.15, 0.2) is 5.78 Å². The molecule has 1 heterocycles. The lowest BCUT2D eigenvalue weighted by molar-refractivity contribution is 0.0993. The zero-order chi connectivity index (χ0) is 13.9. The lowest BCUT2D eigenvalue weighted by Crippen LogP contribution is -2.44. The van der Waals surface area contributed by atoms with Gasteiger partial charge in [0, 0.05) is 18.5 Å². The van der Waals surface area contributed by atoms with Crippen LogP contribution in [0.25, 0.3) is 0 Å². The van der Waals surface area contributed by atoms with Crippen LogP contribution in [0.4, 0.5) is 10.7 Å². The van der Waals surface area contributed by atoms with Crippen LogP contribution < -0.4 is 11.1 Å².